The number of nitrogens with zero attached hydrogens (tertiary/aromatic N) is 6. The van der Waals surface area contributed by atoms with Gasteiger partial charge in [-0.1, -0.05) is 5.21 Å². The molecule has 2 amide bonds. The van der Waals surface area contributed by atoms with Crippen molar-refractivity contribution in [1.82, 2.24) is 35.5 Å². The number of aryl methyl sites for hydroxylation is 1. The first-order chi connectivity index (χ1) is 17.0. The van der Waals surface area contributed by atoms with E-state index in [0.29, 0.717) is 23.6 Å². The van der Waals surface area contributed by atoms with Crippen molar-refractivity contribution >= 4 is 17.6 Å². The Morgan fingerprint density at radius 2 is 2.06 bits per heavy atom. The fraction of sp³-hybridized carbons (Fsp3) is 0.435. The Morgan fingerprint density at radius 1 is 1.20 bits per heavy atom. The first-order valence-electron chi connectivity index (χ1n) is 11.5. The summed E-state index contributed by atoms with van der Waals surface area (Å²) in [5, 5.41) is 20.7. The molecule has 1 fully saturated rings. The normalized spacial score (nSPS) is 14.1. The number of hydrogen-bond donors (Lipinski definition) is 2. The summed E-state index contributed by atoms with van der Waals surface area (Å²) >= 11 is 0. The molecule has 11 nitrogen and oxygen atoms in total. The van der Waals surface area contributed by atoms with Gasteiger partial charge in [-0.25, -0.2) is 9.07 Å². The fourth-order valence-electron chi connectivity index (χ4n) is 3.44. The summed E-state index contributed by atoms with van der Waals surface area (Å²) in [4.78, 5) is 28.1. The molecule has 0 spiro atoms. The molecule has 3 aromatic heterocycles. The lowest BCUT2D eigenvalue weighted by molar-refractivity contribution is -0.115. The van der Waals surface area contributed by atoms with E-state index in [9.17, 15) is 14.0 Å². The summed E-state index contributed by atoms with van der Waals surface area (Å²) in [6.07, 6.45) is 6.01. The van der Waals surface area contributed by atoms with E-state index in [2.05, 4.69) is 36.1 Å². The molecule has 1 atom stereocenters. The second kappa shape index (κ2) is 11.4. The highest BCUT2D eigenvalue weighted by atomic mass is 19.1. The van der Waals surface area contributed by atoms with E-state index in [1.807, 2.05) is 0 Å². The van der Waals surface area contributed by atoms with Crippen LogP contribution in [-0.4, -0.2) is 61.3 Å². The Labute approximate surface area is 201 Å². The topological polar surface area (TPSA) is 137 Å². The van der Waals surface area contributed by atoms with E-state index >= 15 is 0 Å². The van der Waals surface area contributed by atoms with Gasteiger partial charge in [-0.05, 0) is 50.3 Å². The highest BCUT2D eigenvalue weighted by Crippen LogP contribution is 2.25. The molecule has 0 saturated heterocycles. The lowest BCUT2D eigenvalue weighted by Crippen LogP contribution is -2.24. The van der Waals surface area contributed by atoms with Crippen LogP contribution in [0.5, 0.6) is 5.75 Å². The summed E-state index contributed by atoms with van der Waals surface area (Å²) in [5.74, 6) is 0.380. The Morgan fingerprint density at radius 3 is 2.77 bits per heavy atom. The van der Waals surface area contributed by atoms with Gasteiger partial charge in [0.1, 0.15) is 11.9 Å². The number of anilines is 1. The molecule has 0 bridgehead atoms. The summed E-state index contributed by atoms with van der Waals surface area (Å²) in [5.41, 5.74) is 1.33. The second-order valence-electron chi connectivity index (χ2n) is 8.33. The van der Waals surface area contributed by atoms with Gasteiger partial charge in [0.15, 0.2) is 11.5 Å². The van der Waals surface area contributed by atoms with Crippen molar-refractivity contribution in [3.63, 3.8) is 0 Å². The number of nitrogens with one attached hydrogen (secondary N) is 2. The van der Waals surface area contributed by atoms with Gasteiger partial charge in [0, 0.05) is 19.3 Å². The number of carbonyl (C=O) groups is 2. The molecular formula is C23H27FN8O3. The molecule has 0 aliphatic heterocycles. The van der Waals surface area contributed by atoms with Gasteiger partial charge in [-0.2, -0.15) is 5.10 Å². The Balaban J connectivity index is 1.21. The lowest BCUT2D eigenvalue weighted by Gasteiger charge is -2.26. The fourth-order valence-corrected chi connectivity index (χ4v) is 3.44. The van der Waals surface area contributed by atoms with Crippen molar-refractivity contribution in [2.24, 2.45) is 0 Å². The number of hydrogen-bond acceptors (Lipinski definition) is 8. The van der Waals surface area contributed by atoms with E-state index < -0.39 is 6.17 Å². The largest absolute Gasteiger partial charge is 0.490 e. The Bertz CT molecular complexity index is 1150. The molecule has 1 aliphatic carbocycles. The summed E-state index contributed by atoms with van der Waals surface area (Å²) < 4.78 is 21.5. The van der Waals surface area contributed by atoms with Crippen molar-refractivity contribution in [2.45, 2.75) is 57.3 Å². The molecule has 12 heteroatoms. The van der Waals surface area contributed by atoms with E-state index in [4.69, 9.17) is 4.74 Å². The van der Waals surface area contributed by atoms with E-state index in [0.717, 1.165) is 18.6 Å². The van der Waals surface area contributed by atoms with Crippen molar-refractivity contribution < 1.29 is 18.7 Å². The van der Waals surface area contributed by atoms with Gasteiger partial charge < -0.3 is 15.4 Å². The summed E-state index contributed by atoms with van der Waals surface area (Å²) in [6, 6.07) is 6.89. The number of amides is 2. The number of aromatic nitrogens is 6. The smallest absolute Gasteiger partial charge is 0.273 e. The van der Waals surface area contributed by atoms with Crippen molar-refractivity contribution in [3.8, 4) is 5.75 Å². The van der Waals surface area contributed by atoms with Crippen LogP contribution in [-0.2, 0) is 24.2 Å². The third-order valence-corrected chi connectivity index (χ3v) is 5.57. The Hall–Kier alpha value is -3.96. The van der Waals surface area contributed by atoms with Crippen molar-refractivity contribution in [3.05, 3.63) is 53.7 Å². The van der Waals surface area contributed by atoms with Crippen LogP contribution in [0.1, 0.15) is 47.6 Å². The van der Waals surface area contributed by atoms with Crippen LogP contribution in [0.15, 0.2) is 36.7 Å². The zero-order chi connectivity index (χ0) is 24.6. The molecule has 3 aromatic rings. The minimum absolute atomic E-state index is 0.0213. The lowest BCUT2D eigenvalue weighted by atomic mass is 9.96. The zero-order valence-corrected chi connectivity index (χ0v) is 19.4. The highest BCUT2D eigenvalue weighted by Gasteiger charge is 2.19. The van der Waals surface area contributed by atoms with E-state index in [1.54, 1.807) is 30.5 Å². The molecule has 35 heavy (non-hydrogen) atoms. The van der Waals surface area contributed by atoms with Crippen molar-refractivity contribution in [2.75, 3.05) is 12.4 Å². The monoisotopic (exact) mass is 482 g/mol. The molecule has 184 valence electrons. The van der Waals surface area contributed by atoms with Crippen LogP contribution in [0, 0.1) is 0 Å². The number of ether oxygens (including phenoxy) is 1. The van der Waals surface area contributed by atoms with Gasteiger partial charge in [0.05, 0.1) is 36.7 Å². The predicted octanol–water partition coefficient (Wildman–Crippen LogP) is 1.91. The van der Waals surface area contributed by atoms with Crippen LogP contribution in [0.3, 0.4) is 0 Å². The van der Waals surface area contributed by atoms with Crippen LogP contribution >= 0.6 is 0 Å². The minimum Gasteiger partial charge on any atom is -0.490 e. The number of alkyl halides is 1. The number of pyridine rings is 1. The van der Waals surface area contributed by atoms with E-state index in [-0.39, 0.29) is 43.0 Å². The quantitative estimate of drug-likeness (QED) is 0.423. The maximum Gasteiger partial charge on any atom is 0.273 e. The third kappa shape index (κ3) is 7.01. The van der Waals surface area contributed by atoms with Gasteiger partial charge in [0.25, 0.3) is 5.91 Å². The zero-order valence-electron chi connectivity index (χ0n) is 19.4. The molecule has 1 aliphatic rings. The molecule has 1 saturated carbocycles. The first-order valence-corrected chi connectivity index (χ1v) is 11.5. The van der Waals surface area contributed by atoms with Crippen LogP contribution < -0.4 is 15.4 Å². The average molecular weight is 483 g/mol. The molecule has 0 aromatic carbocycles. The van der Waals surface area contributed by atoms with Crippen LogP contribution in [0.2, 0.25) is 0 Å². The maximum atomic E-state index is 14.3. The average Bonchev–Trinajstić information content (AvgIpc) is 3.29. The maximum absolute atomic E-state index is 14.3. The van der Waals surface area contributed by atoms with Crippen molar-refractivity contribution in [1.29, 1.82) is 0 Å². The first kappa shape index (κ1) is 24.2. The molecule has 2 N–H and O–H groups in total. The predicted molar refractivity (Wildman–Crippen MR) is 123 cm³/mol. The molecular weight excluding hydrogens is 455 g/mol. The molecule has 1 unspecified atom stereocenters. The standard InChI is InChI=1S/C23H27FN8O3/c1-25-23(34)20-14-32(31-29-20)13-15(24)5-6-16-7-8-21(30-28-16)27-22(33)12-17-11-19(9-10-26-17)35-18-3-2-4-18/h7-11,14-15,18H,2-6,12-13H2,1H3,(H,25,34)(H,27,30,33). The molecule has 3 heterocycles. The highest BCUT2D eigenvalue weighted by molar-refractivity contribution is 5.91. The van der Waals surface area contributed by atoms with Crippen LogP contribution in [0.25, 0.3) is 0 Å². The second-order valence-corrected chi connectivity index (χ2v) is 8.33. The number of halogens is 1. The van der Waals surface area contributed by atoms with Gasteiger partial charge in [-0.3, -0.25) is 14.6 Å². The van der Waals surface area contributed by atoms with Gasteiger partial charge >= 0.3 is 0 Å². The van der Waals surface area contributed by atoms with E-state index in [1.165, 1.54) is 24.3 Å². The SMILES string of the molecule is CNC(=O)c1cn(CC(F)CCc2ccc(NC(=O)Cc3cc(OC4CCC4)ccn3)nn2)nn1. The summed E-state index contributed by atoms with van der Waals surface area (Å²) in [7, 11) is 1.49. The molecule has 4 rings (SSSR count). The third-order valence-electron chi connectivity index (χ3n) is 5.57. The van der Waals surface area contributed by atoms with Gasteiger partial charge in [-0.15, -0.1) is 10.2 Å². The summed E-state index contributed by atoms with van der Waals surface area (Å²) in [6.45, 7) is -0.0213. The molecule has 0 radical (unpaired) electrons. The van der Waals surface area contributed by atoms with Gasteiger partial charge in [0.2, 0.25) is 5.91 Å². The Kier molecular flexibility index (Phi) is 7.91. The number of rotatable bonds is 11. The number of carbonyl (C=O) groups excluding carboxylic acids is 2. The minimum atomic E-state index is -1.20. The van der Waals surface area contributed by atoms with Crippen LogP contribution in [0.4, 0.5) is 10.2 Å².